The Morgan fingerprint density at radius 2 is 1.44 bits per heavy atom. The lowest BCUT2D eigenvalue weighted by molar-refractivity contribution is 0.669. The van der Waals surface area contributed by atoms with Crippen molar-refractivity contribution in [2.24, 2.45) is 0 Å². The highest BCUT2D eigenvalue weighted by molar-refractivity contribution is 7.18. The highest BCUT2D eigenvalue weighted by Gasteiger charge is 2.48. The van der Waals surface area contributed by atoms with Gasteiger partial charge in [0.25, 0.3) is 0 Å². The fourth-order valence-corrected chi connectivity index (χ4v) is 10.9. The van der Waals surface area contributed by atoms with Gasteiger partial charge in [-0.05, 0) is 58.7 Å². The van der Waals surface area contributed by atoms with Gasteiger partial charge in [-0.1, -0.05) is 108 Å². The second-order valence-corrected chi connectivity index (χ2v) is 13.1. The highest BCUT2D eigenvalue weighted by atomic mass is 28.3. The van der Waals surface area contributed by atoms with Crippen molar-refractivity contribution in [3.8, 4) is 0 Å². The molecule has 5 aromatic rings. The molecule has 0 fully saturated rings. The highest BCUT2D eigenvalue weighted by Crippen LogP contribution is 2.38. The van der Waals surface area contributed by atoms with Gasteiger partial charge in [-0.25, -0.2) is 0 Å². The molecule has 0 aliphatic carbocycles. The van der Waals surface area contributed by atoms with E-state index in [1.54, 1.807) is 0 Å². The van der Waals surface area contributed by atoms with Crippen molar-refractivity contribution in [2.45, 2.75) is 13.8 Å². The molecular formula is C32H26OSi. The van der Waals surface area contributed by atoms with E-state index in [-0.39, 0.29) is 0 Å². The number of aryl methyl sites for hydroxylation is 1. The van der Waals surface area contributed by atoms with Crippen molar-refractivity contribution in [3.63, 3.8) is 0 Å². The third-order valence-electron chi connectivity index (χ3n) is 7.27. The van der Waals surface area contributed by atoms with E-state index in [0.29, 0.717) is 0 Å². The predicted octanol–water partition coefficient (Wildman–Crippen LogP) is 6.43. The molecule has 0 amide bonds. The van der Waals surface area contributed by atoms with E-state index in [1.807, 2.05) is 12.1 Å². The fourth-order valence-electron chi connectivity index (χ4n) is 5.69. The summed E-state index contributed by atoms with van der Waals surface area (Å²) >= 11 is 0. The van der Waals surface area contributed by atoms with Crippen molar-refractivity contribution < 1.29 is 4.42 Å². The lowest BCUT2D eigenvalue weighted by Gasteiger charge is -2.32. The minimum Gasteiger partial charge on any atom is -0.456 e. The molecular weight excluding hydrogens is 428 g/mol. The summed E-state index contributed by atoms with van der Waals surface area (Å²) in [4.78, 5) is 0. The van der Waals surface area contributed by atoms with Crippen molar-refractivity contribution in [1.29, 1.82) is 0 Å². The molecule has 0 bridgehead atoms. The van der Waals surface area contributed by atoms with Crippen molar-refractivity contribution in [2.75, 3.05) is 0 Å². The van der Waals surface area contributed by atoms with Crippen LogP contribution in [0.25, 0.3) is 27.5 Å². The molecule has 34 heavy (non-hydrogen) atoms. The summed E-state index contributed by atoms with van der Waals surface area (Å²) in [5.74, 6) is 0. The third-order valence-corrected chi connectivity index (χ3v) is 12.3. The Labute approximate surface area is 201 Å². The van der Waals surface area contributed by atoms with Gasteiger partial charge in [-0.2, -0.15) is 0 Å². The Morgan fingerprint density at radius 1 is 0.735 bits per heavy atom. The molecule has 1 aromatic heterocycles. The molecule has 0 radical (unpaired) electrons. The number of furan rings is 1. The molecule has 0 saturated heterocycles. The van der Waals surface area contributed by atoms with Crippen LogP contribution < -0.4 is 15.6 Å². The molecule has 1 aliphatic rings. The number of hydrogen-bond donors (Lipinski definition) is 0. The molecule has 1 aliphatic heterocycles. The molecule has 6 rings (SSSR count). The maximum absolute atomic E-state index is 6.38. The Morgan fingerprint density at radius 3 is 2.21 bits per heavy atom. The fraction of sp³-hybridized carbons (Fsp3) is 0.0625. The van der Waals surface area contributed by atoms with Crippen LogP contribution in [-0.4, -0.2) is 8.07 Å². The van der Waals surface area contributed by atoms with Gasteiger partial charge in [0.15, 0.2) is 8.07 Å². The van der Waals surface area contributed by atoms with Gasteiger partial charge in [0.2, 0.25) is 0 Å². The number of rotatable bonds is 4. The van der Waals surface area contributed by atoms with Gasteiger partial charge >= 0.3 is 0 Å². The van der Waals surface area contributed by atoms with Crippen LogP contribution in [-0.2, 0) is 0 Å². The van der Waals surface area contributed by atoms with Crippen LogP contribution in [0, 0.1) is 6.92 Å². The topological polar surface area (TPSA) is 13.1 Å². The minimum atomic E-state index is -2.48. The van der Waals surface area contributed by atoms with E-state index >= 15 is 0 Å². The maximum atomic E-state index is 6.38. The lowest BCUT2D eigenvalue weighted by Crippen LogP contribution is -2.67. The Balaban J connectivity index is 1.78. The normalized spacial score (nSPS) is 17.7. The van der Waals surface area contributed by atoms with Crippen LogP contribution in [0.2, 0.25) is 0 Å². The number of hydrogen-bond acceptors (Lipinski definition) is 1. The van der Waals surface area contributed by atoms with E-state index in [1.165, 1.54) is 48.2 Å². The van der Waals surface area contributed by atoms with Gasteiger partial charge < -0.3 is 4.42 Å². The van der Waals surface area contributed by atoms with Crippen molar-refractivity contribution in [1.82, 2.24) is 0 Å². The third kappa shape index (κ3) is 2.85. The summed E-state index contributed by atoms with van der Waals surface area (Å²) in [6, 6.07) is 33.3. The number of para-hydroxylation sites is 1. The first-order valence-corrected chi connectivity index (χ1v) is 13.7. The van der Waals surface area contributed by atoms with Gasteiger partial charge in [0.1, 0.15) is 11.2 Å². The van der Waals surface area contributed by atoms with Crippen LogP contribution in [0.15, 0.2) is 125 Å². The molecule has 164 valence electrons. The Bertz CT molecular complexity index is 1620. The van der Waals surface area contributed by atoms with Gasteiger partial charge in [-0.3, -0.25) is 0 Å². The number of allylic oxidation sites excluding steroid dienone is 5. The van der Waals surface area contributed by atoms with Crippen LogP contribution in [0.3, 0.4) is 0 Å². The maximum Gasteiger partial charge on any atom is 0.176 e. The molecule has 1 nitrogen and oxygen atoms in total. The smallest absolute Gasteiger partial charge is 0.176 e. The minimum absolute atomic E-state index is 0.937. The zero-order valence-corrected chi connectivity index (χ0v) is 20.5. The summed E-state index contributed by atoms with van der Waals surface area (Å²) in [6.45, 7) is 8.42. The Hall–Kier alpha value is -3.88. The van der Waals surface area contributed by atoms with Crippen LogP contribution in [0.1, 0.15) is 18.1 Å². The zero-order valence-electron chi connectivity index (χ0n) is 19.5. The number of fused-ring (bicyclic) bond motifs is 4. The predicted molar refractivity (Wildman–Crippen MR) is 148 cm³/mol. The van der Waals surface area contributed by atoms with Crippen LogP contribution >= 0.6 is 0 Å². The summed E-state index contributed by atoms with van der Waals surface area (Å²) in [5.41, 5.74) is 5.79. The molecule has 2 heterocycles. The van der Waals surface area contributed by atoms with Gasteiger partial charge in [0.05, 0.1) is 0 Å². The molecule has 2 heteroatoms. The molecule has 0 N–H and O–H groups in total. The molecule has 0 saturated carbocycles. The Kier molecular flexibility index (Phi) is 4.79. The zero-order chi connectivity index (χ0) is 23.3. The first kappa shape index (κ1) is 20.7. The first-order valence-electron chi connectivity index (χ1n) is 11.7. The van der Waals surface area contributed by atoms with Crippen LogP contribution in [0.5, 0.6) is 0 Å². The summed E-state index contributed by atoms with van der Waals surface area (Å²) in [7, 11) is -2.48. The quantitative estimate of drug-likeness (QED) is 0.225. The van der Waals surface area contributed by atoms with Crippen molar-refractivity contribution >= 4 is 51.1 Å². The second kappa shape index (κ2) is 7.86. The van der Waals surface area contributed by atoms with E-state index in [4.69, 9.17) is 4.42 Å². The van der Waals surface area contributed by atoms with Crippen molar-refractivity contribution in [3.05, 3.63) is 132 Å². The summed E-state index contributed by atoms with van der Waals surface area (Å²) < 4.78 is 6.38. The summed E-state index contributed by atoms with van der Waals surface area (Å²) in [5, 5.41) is 7.99. The first-order chi connectivity index (χ1) is 16.6. The SMILES string of the molecule is C=C/C=C\C1=C(C)[Si](c2ccccc2)(c2ccc(C)cc2)c2cc3oc4ccccc4c3cc21. The largest absolute Gasteiger partial charge is 0.456 e. The standard InChI is InChI=1S/C32H26OSi/c1-4-5-13-26-23(3)34(24-11-7-6-8-12-24,25-18-16-22(2)17-19-25)32-21-31-28(20-29(26)32)27-14-9-10-15-30(27)33-31/h4-21H,1H2,2-3H3/b13-5-. The van der Waals surface area contributed by atoms with E-state index < -0.39 is 8.07 Å². The van der Waals surface area contributed by atoms with E-state index in [9.17, 15) is 0 Å². The van der Waals surface area contributed by atoms with Crippen LogP contribution in [0.4, 0.5) is 0 Å². The average molecular weight is 455 g/mol. The van der Waals surface area contributed by atoms with Gasteiger partial charge in [0, 0.05) is 10.8 Å². The monoisotopic (exact) mass is 454 g/mol. The second-order valence-electron chi connectivity index (χ2n) is 9.11. The lowest BCUT2D eigenvalue weighted by atomic mass is 10.0. The molecule has 0 spiro atoms. The molecule has 1 unspecified atom stereocenters. The average Bonchev–Trinajstić information content (AvgIpc) is 3.35. The summed E-state index contributed by atoms with van der Waals surface area (Å²) in [6.07, 6.45) is 6.16. The molecule has 1 atom stereocenters. The van der Waals surface area contributed by atoms with E-state index in [2.05, 4.69) is 118 Å². The number of benzene rings is 4. The van der Waals surface area contributed by atoms with Gasteiger partial charge in [-0.15, -0.1) is 0 Å². The van der Waals surface area contributed by atoms with E-state index in [0.717, 1.165) is 11.2 Å². The molecule has 4 aromatic carbocycles.